The van der Waals surface area contributed by atoms with Crippen molar-refractivity contribution < 1.29 is 13.6 Å². The number of anilines is 1. The topological polar surface area (TPSA) is 36.7 Å². The molecule has 1 aliphatic heterocycles. The molecule has 0 atom stereocenters. The summed E-state index contributed by atoms with van der Waals surface area (Å²) in [5, 5.41) is 1.54. The first-order valence-corrected chi connectivity index (χ1v) is 9.34. The molecule has 6 heteroatoms. The molecule has 0 N–H and O–H groups in total. The van der Waals surface area contributed by atoms with Gasteiger partial charge in [-0.25, -0.2) is 4.39 Å². The summed E-state index contributed by atoms with van der Waals surface area (Å²) in [7, 11) is 0. The molecule has 2 aromatic carbocycles. The summed E-state index contributed by atoms with van der Waals surface area (Å²) in [4.78, 5) is 16.5. The predicted molar refractivity (Wildman–Crippen MR) is 105 cm³/mol. The minimum atomic E-state index is -0.227. The zero-order valence-electron chi connectivity index (χ0n) is 15.0. The van der Waals surface area contributed by atoms with Crippen LogP contribution in [0.3, 0.4) is 0 Å². The molecule has 1 aliphatic rings. The monoisotopic (exact) mass is 386 g/mol. The first-order chi connectivity index (χ1) is 13.0. The van der Waals surface area contributed by atoms with E-state index in [0.717, 1.165) is 22.1 Å². The number of furan rings is 1. The Labute approximate surface area is 162 Å². The normalized spacial score (nSPS) is 14.8. The number of carbonyl (C=O) groups is 1. The van der Waals surface area contributed by atoms with Gasteiger partial charge >= 0.3 is 0 Å². The van der Waals surface area contributed by atoms with Crippen LogP contribution in [0.5, 0.6) is 0 Å². The van der Waals surface area contributed by atoms with Crippen LogP contribution in [-0.2, 0) is 11.2 Å². The highest BCUT2D eigenvalue weighted by atomic mass is 35.5. The number of amides is 1. The number of nitrogens with zero attached hydrogens (tertiary/aromatic N) is 2. The molecule has 1 amide bonds. The number of benzene rings is 2. The average Bonchev–Trinajstić information content (AvgIpc) is 3.04. The molecule has 0 unspecified atom stereocenters. The highest BCUT2D eigenvalue weighted by Crippen LogP contribution is 2.28. The van der Waals surface area contributed by atoms with Crippen molar-refractivity contribution in [1.82, 2.24) is 4.90 Å². The van der Waals surface area contributed by atoms with Gasteiger partial charge in [-0.05, 0) is 36.8 Å². The summed E-state index contributed by atoms with van der Waals surface area (Å²) < 4.78 is 19.5. The van der Waals surface area contributed by atoms with Crippen LogP contribution in [-0.4, -0.2) is 37.0 Å². The lowest BCUT2D eigenvalue weighted by atomic mass is 10.1. The molecule has 1 aromatic heterocycles. The van der Waals surface area contributed by atoms with Gasteiger partial charge in [0, 0.05) is 42.2 Å². The maximum atomic E-state index is 13.9. The Kier molecular flexibility index (Phi) is 4.79. The van der Waals surface area contributed by atoms with Crippen LogP contribution in [0.2, 0.25) is 5.02 Å². The van der Waals surface area contributed by atoms with E-state index in [9.17, 15) is 9.18 Å². The Morgan fingerprint density at radius 3 is 2.67 bits per heavy atom. The number of para-hydroxylation sites is 1. The first-order valence-electron chi connectivity index (χ1n) is 8.96. The van der Waals surface area contributed by atoms with Gasteiger partial charge in [0.15, 0.2) is 0 Å². The molecule has 4 nitrogen and oxygen atoms in total. The molecule has 27 heavy (non-hydrogen) atoms. The van der Waals surface area contributed by atoms with E-state index in [-0.39, 0.29) is 18.1 Å². The number of rotatable bonds is 3. The Hall–Kier alpha value is -2.53. The summed E-state index contributed by atoms with van der Waals surface area (Å²) in [5.41, 5.74) is 3.12. The smallest absolute Gasteiger partial charge is 0.227 e. The van der Waals surface area contributed by atoms with E-state index >= 15 is 0 Å². The summed E-state index contributed by atoms with van der Waals surface area (Å²) in [6, 6.07) is 10.5. The van der Waals surface area contributed by atoms with E-state index in [1.165, 1.54) is 6.07 Å². The molecular formula is C21H20ClFN2O2. The number of piperazine rings is 1. The summed E-state index contributed by atoms with van der Waals surface area (Å²) in [6.45, 7) is 4.30. The average molecular weight is 387 g/mol. The Morgan fingerprint density at radius 1 is 1.19 bits per heavy atom. The minimum absolute atomic E-state index is 0.0441. The van der Waals surface area contributed by atoms with E-state index in [1.54, 1.807) is 18.4 Å². The van der Waals surface area contributed by atoms with E-state index in [2.05, 4.69) is 0 Å². The Morgan fingerprint density at radius 2 is 1.93 bits per heavy atom. The van der Waals surface area contributed by atoms with Crippen molar-refractivity contribution in [2.45, 2.75) is 13.3 Å². The third-order valence-corrected chi connectivity index (χ3v) is 5.51. The van der Waals surface area contributed by atoms with Crippen LogP contribution in [0.1, 0.15) is 11.1 Å². The quantitative estimate of drug-likeness (QED) is 0.668. The Balaban J connectivity index is 1.43. The van der Waals surface area contributed by atoms with Gasteiger partial charge in [-0.1, -0.05) is 23.7 Å². The molecule has 140 valence electrons. The maximum Gasteiger partial charge on any atom is 0.227 e. The second kappa shape index (κ2) is 7.24. The largest absolute Gasteiger partial charge is 0.464 e. The van der Waals surface area contributed by atoms with Crippen molar-refractivity contribution in [2.24, 2.45) is 0 Å². The van der Waals surface area contributed by atoms with Crippen LogP contribution < -0.4 is 4.90 Å². The number of aryl methyl sites for hydroxylation is 1. The van der Waals surface area contributed by atoms with Gasteiger partial charge in [-0.2, -0.15) is 0 Å². The van der Waals surface area contributed by atoms with Crippen LogP contribution in [0.15, 0.2) is 47.1 Å². The number of halogens is 2. The van der Waals surface area contributed by atoms with E-state index < -0.39 is 0 Å². The third kappa shape index (κ3) is 3.52. The minimum Gasteiger partial charge on any atom is -0.464 e. The fraction of sp³-hybridized carbons (Fsp3) is 0.286. The maximum absolute atomic E-state index is 13.9. The lowest BCUT2D eigenvalue weighted by Gasteiger charge is -2.36. The third-order valence-electron chi connectivity index (χ3n) is 5.10. The molecule has 1 fully saturated rings. The fourth-order valence-corrected chi connectivity index (χ4v) is 3.68. The lowest BCUT2D eigenvalue weighted by Crippen LogP contribution is -2.49. The van der Waals surface area contributed by atoms with Gasteiger partial charge in [0.25, 0.3) is 0 Å². The zero-order chi connectivity index (χ0) is 19.0. The summed E-state index contributed by atoms with van der Waals surface area (Å²) in [5.74, 6) is -0.183. The summed E-state index contributed by atoms with van der Waals surface area (Å²) in [6.07, 6.45) is 1.90. The molecule has 1 saturated heterocycles. The predicted octanol–water partition coefficient (Wildman–Crippen LogP) is 4.43. The van der Waals surface area contributed by atoms with Crippen molar-refractivity contribution in [2.75, 3.05) is 31.1 Å². The standard InChI is InChI=1S/C21H20ClFN2O2/c1-14-10-20-16(12-17(14)22)15(13-27-20)11-21(26)25-8-6-24(7-9-25)19-5-3-2-4-18(19)23/h2-5,10,12-13H,6-9,11H2,1H3. The molecule has 0 radical (unpaired) electrons. The Bertz CT molecular complexity index is 993. The number of hydrogen-bond donors (Lipinski definition) is 0. The fourth-order valence-electron chi connectivity index (χ4n) is 3.52. The van der Waals surface area contributed by atoms with Gasteiger partial charge in [0.1, 0.15) is 11.4 Å². The van der Waals surface area contributed by atoms with Crippen molar-refractivity contribution in [3.8, 4) is 0 Å². The number of fused-ring (bicyclic) bond motifs is 1. The van der Waals surface area contributed by atoms with Crippen LogP contribution >= 0.6 is 11.6 Å². The van der Waals surface area contributed by atoms with Gasteiger partial charge in [-0.3, -0.25) is 4.79 Å². The highest BCUT2D eigenvalue weighted by Gasteiger charge is 2.23. The van der Waals surface area contributed by atoms with Crippen molar-refractivity contribution in [1.29, 1.82) is 0 Å². The lowest BCUT2D eigenvalue weighted by molar-refractivity contribution is -0.130. The van der Waals surface area contributed by atoms with Gasteiger partial charge < -0.3 is 14.2 Å². The number of hydrogen-bond acceptors (Lipinski definition) is 3. The molecule has 0 aliphatic carbocycles. The van der Waals surface area contributed by atoms with Crippen molar-refractivity contribution in [3.63, 3.8) is 0 Å². The molecule has 0 bridgehead atoms. The summed E-state index contributed by atoms with van der Waals surface area (Å²) >= 11 is 6.22. The van der Waals surface area contributed by atoms with Crippen LogP contribution in [0, 0.1) is 12.7 Å². The highest BCUT2D eigenvalue weighted by molar-refractivity contribution is 6.32. The van der Waals surface area contributed by atoms with Crippen LogP contribution in [0.4, 0.5) is 10.1 Å². The molecule has 2 heterocycles. The SMILES string of the molecule is Cc1cc2occ(CC(=O)N3CCN(c4ccccc4F)CC3)c2cc1Cl. The second-order valence-corrected chi connectivity index (χ2v) is 7.26. The van der Waals surface area contributed by atoms with Gasteiger partial charge in [-0.15, -0.1) is 0 Å². The zero-order valence-corrected chi connectivity index (χ0v) is 15.8. The number of carbonyl (C=O) groups excluding carboxylic acids is 1. The molecule has 0 spiro atoms. The van der Waals surface area contributed by atoms with Gasteiger partial charge in [0.05, 0.1) is 18.4 Å². The van der Waals surface area contributed by atoms with Crippen LogP contribution in [0.25, 0.3) is 11.0 Å². The van der Waals surface area contributed by atoms with Crippen molar-refractivity contribution in [3.05, 3.63) is 64.6 Å². The molecule has 4 rings (SSSR count). The van der Waals surface area contributed by atoms with E-state index in [4.69, 9.17) is 16.0 Å². The second-order valence-electron chi connectivity index (χ2n) is 6.85. The van der Waals surface area contributed by atoms with E-state index in [1.807, 2.05) is 34.9 Å². The molecule has 0 saturated carbocycles. The molecular weight excluding hydrogens is 367 g/mol. The molecule has 3 aromatic rings. The first kappa shape index (κ1) is 17.9. The van der Waals surface area contributed by atoms with Crippen molar-refractivity contribution >= 4 is 34.2 Å². The van der Waals surface area contributed by atoms with Gasteiger partial charge in [0.2, 0.25) is 5.91 Å². The van der Waals surface area contributed by atoms with E-state index in [0.29, 0.717) is 36.9 Å².